The molecule has 1 heterocycles. The molecule has 1 rings (SSSR count). The number of rotatable bonds is 0. The summed E-state index contributed by atoms with van der Waals surface area (Å²) in [7, 11) is 0. The van der Waals surface area contributed by atoms with E-state index in [0.717, 1.165) is 0 Å². The van der Waals surface area contributed by atoms with E-state index in [1.165, 1.54) is 0 Å². The normalized spacial score (nSPS) is 19.6. The fraction of sp³-hybridized carbons (Fsp3) is 0. The Morgan fingerprint density at radius 3 is 1.56 bits per heavy atom. The van der Waals surface area contributed by atoms with Crippen LogP contribution >= 0.6 is 0 Å². The maximum atomic E-state index is 2.25. The third kappa shape index (κ3) is 3.16. The van der Waals surface area contributed by atoms with Gasteiger partial charge in [-0.1, -0.05) is 0 Å². The Balaban J connectivity index is 2.60. The summed E-state index contributed by atoms with van der Waals surface area (Å²) in [6.07, 6.45) is 12.4. The van der Waals surface area contributed by atoms with Gasteiger partial charge in [0.25, 0.3) is 0 Å². The van der Waals surface area contributed by atoms with Crippen molar-refractivity contribution in [3.8, 4) is 0 Å². The van der Waals surface area contributed by atoms with Gasteiger partial charge >= 0.3 is 61.9 Å². The van der Waals surface area contributed by atoms with Crippen LogP contribution in [0.15, 0.2) is 46.2 Å². The summed E-state index contributed by atoms with van der Waals surface area (Å²) >= 11 is 0.0728. The quantitative estimate of drug-likeness (QED) is 0.496. The van der Waals surface area contributed by atoms with Crippen molar-refractivity contribution in [1.82, 2.24) is 0 Å². The van der Waals surface area contributed by atoms with Gasteiger partial charge in [0.15, 0.2) is 0 Å². The van der Waals surface area contributed by atoms with Gasteiger partial charge in [-0.2, -0.15) is 0 Å². The Morgan fingerprint density at radius 1 is 0.556 bits per heavy atom. The van der Waals surface area contributed by atoms with E-state index in [4.69, 9.17) is 0 Å². The van der Waals surface area contributed by atoms with E-state index >= 15 is 0 Å². The first-order valence-corrected chi connectivity index (χ1v) is 5.33. The van der Waals surface area contributed by atoms with E-state index in [9.17, 15) is 0 Å². The SMILES string of the molecule is C1=CC=C[AsH]C=CC=C1. The van der Waals surface area contributed by atoms with Gasteiger partial charge < -0.3 is 0 Å². The van der Waals surface area contributed by atoms with E-state index in [0.29, 0.717) is 0 Å². The molecule has 0 amide bonds. The Bertz CT molecular complexity index is 153. The Labute approximate surface area is 62.3 Å². The van der Waals surface area contributed by atoms with Crippen LogP contribution in [0.25, 0.3) is 0 Å². The molecule has 0 saturated heterocycles. The van der Waals surface area contributed by atoms with Crippen LogP contribution in [0.1, 0.15) is 0 Å². The van der Waals surface area contributed by atoms with E-state index < -0.39 is 0 Å². The summed E-state index contributed by atoms with van der Waals surface area (Å²) < 4.78 is 0. The minimum absolute atomic E-state index is 0.0728. The summed E-state index contributed by atoms with van der Waals surface area (Å²) in [5.74, 6) is 0. The summed E-state index contributed by atoms with van der Waals surface area (Å²) in [4.78, 5) is 4.50. The van der Waals surface area contributed by atoms with Crippen molar-refractivity contribution >= 4 is 15.8 Å². The fourth-order valence-corrected chi connectivity index (χ4v) is 1.70. The van der Waals surface area contributed by atoms with Crippen LogP contribution in [0.3, 0.4) is 0 Å². The van der Waals surface area contributed by atoms with Crippen molar-refractivity contribution in [2.75, 3.05) is 0 Å². The monoisotopic (exact) mass is 180 g/mol. The second-order valence-corrected chi connectivity index (χ2v) is 3.75. The van der Waals surface area contributed by atoms with E-state index in [1.807, 2.05) is 12.2 Å². The third-order valence-corrected chi connectivity index (χ3v) is 2.56. The first kappa shape index (κ1) is 6.64. The van der Waals surface area contributed by atoms with Crippen molar-refractivity contribution in [1.29, 1.82) is 0 Å². The van der Waals surface area contributed by atoms with Crippen molar-refractivity contribution in [3.05, 3.63) is 46.2 Å². The molecule has 9 heavy (non-hydrogen) atoms. The second-order valence-electron chi connectivity index (χ2n) is 1.65. The third-order valence-electron chi connectivity index (χ3n) is 0.940. The van der Waals surface area contributed by atoms with Gasteiger partial charge in [-0.25, -0.2) is 0 Å². The van der Waals surface area contributed by atoms with E-state index in [2.05, 4.69) is 34.0 Å². The molecule has 0 radical (unpaired) electrons. The molecule has 0 aromatic rings. The summed E-state index contributed by atoms with van der Waals surface area (Å²) in [5.41, 5.74) is 0. The molecule has 0 aromatic heterocycles. The maximum absolute atomic E-state index is 2.25. The molecule has 0 aromatic carbocycles. The zero-order valence-electron chi connectivity index (χ0n) is 5.12. The van der Waals surface area contributed by atoms with Crippen molar-refractivity contribution in [3.63, 3.8) is 0 Å². The molecular weight excluding hydrogens is 171 g/mol. The van der Waals surface area contributed by atoms with Crippen LogP contribution in [0.5, 0.6) is 0 Å². The topological polar surface area (TPSA) is 0 Å². The Hall–Kier alpha value is -0.482. The molecule has 0 unspecified atom stereocenters. The van der Waals surface area contributed by atoms with Crippen LogP contribution in [-0.4, -0.2) is 15.8 Å². The average Bonchev–Trinajstić information content (AvgIpc) is 2.00. The second kappa shape index (κ2) is 4.40. The number of hydrogen-bond acceptors (Lipinski definition) is 0. The standard InChI is InChI=1S/C8H9As/c1-2-4-6-8-9-7-5-3-1/h1-9H. The van der Waals surface area contributed by atoms with E-state index in [1.54, 1.807) is 0 Å². The van der Waals surface area contributed by atoms with Gasteiger partial charge in [-0.05, 0) is 0 Å². The number of allylic oxidation sites excluding steroid dienone is 6. The van der Waals surface area contributed by atoms with Gasteiger partial charge in [0, 0.05) is 0 Å². The number of hydrogen-bond donors (Lipinski definition) is 0. The first-order valence-electron chi connectivity index (χ1n) is 2.91. The van der Waals surface area contributed by atoms with Gasteiger partial charge in [0.2, 0.25) is 0 Å². The zero-order chi connectivity index (χ0) is 6.36. The molecular formula is C8H9As. The minimum atomic E-state index is 0.0728. The van der Waals surface area contributed by atoms with Crippen molar-refractivity contribution in [2.45, 2.75) is 0 Å². The van der Waals surface area contributed by atoms with Gasteiger partial charge in [0.1, 0.15) is 0 Å². The Morgan fingerprint density at radius 2 is 1.00 bits per heavy atom. The van der Waals surface area contributed by atoms with Gasteiger partial charge in [-0.15, -0.1) is 0 Å². The molecule has 0 saturated carbocycles. The van der Waals surface area contributed by atoms with Gasteiger partial charge in [0.05, 0.1) is 0 Å². The molecule has 0 atom stereocenters. The van der Waals surface area contributed by atoms with E-state index in [-0.39, 0.29) is 15.8 Å². The van der Waals surface area contributed by atoms with Crippen molar-refractivity contribution in [2.24, 2.45) is 0 Å². The Kier molecular flexibility index (Phi) is 3.25. The predicted octanol–water partition coefficient (Wildman–Crippen LogP) is 1.58. The molecule has 1 heteroatoms. The first-order chi connectivity index (χ1) is 4.50. The average molecular weight is 180 g/mol. The van der Waals surface area contributed by atoms with Crippen molar-refractivity contribution < 1.29 is 0 Å². The van der Waals surface area contributed by atoms with Crippen LogP contribution in [0, 0.1) is 0 Å². The summed E-state index contributed by atoms with van der Waals surface area (Å²) in [6.45, 7) is 0. The zero-order valence-corrected chi connectivity index (χ0v) is 7.22. The predicted molar refractivity (Wildman–Crippen MR) is 43.7 cm³/mol. The molecule has 1 aliphatic heterocycles. The molecule has 0 spiro atoms. The summed E-state index contributed by atoms with van der Waals surface area (Å²) in [5, 5.41) is 0. The summed E-state index contributed by atoms with van der Waals surface area (Å²) in [6, 6.07) is 0. The molecule has 46 valence electrons. The molecule has 0 nitrogen and oxygen atoms in total. The molecule has 0 fully saturated rings. The molecule has 0 bridgehead atoms. The molecule has 1 aliphatic rings. The molecule has 0 N–H and O–H groups in total. The van der Waals surface area contributed by atoms with Crippen LogP contribution in [0.4, 0.5) is 0 Å². The fourth-order valence-electron chi connectivity index (χ4n) is 0.534. The molecule has 0 aliphatic carbocycles. The van der Waals surface area contributed by atoms with Crippen LogP contribution < -0.4 is 0 Å². The van der Waals surface area contributed by atoms with Crippen LogP contribution in [-0.2, 0) is 0 Å². The van der Waals surface area contributed by atoms with Crippen LogP contribution in [0.2, 0.25) is 0 Å². The van der Waals surface area contributed by atoms with Gasteiger partial charge in [-0.3, -0.25) is 0 Å².